The molecule has 0 saturated heterocycles. The molecule has 1 heterocycles. The highest BCUT2D eigenvalue weighted by atomic mass is 79.9. The Labute approximate surface area is 118 Å². The van der Waals surface area contributed by atoms with Gasteiger partial charge in [-0.15, -0.1) is 0 Å². The lowest BCUT2D eigenvalue weighted by molar-refractivity contribution is 0.580. The van der Waals surface area contributed by atoms with Gasteiger partial charge in [0.25, 0.3) is 10.0 Å². The normalized spacial score (nSPS) is 11.8. The van der Waals surface area contributed by atoms with E-state index < -0.39 is 10.0 Å². The fraction of sp³-hybridized carbons (Fsp3) is 0. The SMILES string of the molecule is O=S(=O)(c1ccc2ccccc2c1)n1cc(Br)cn1. The van der Waals surface area contributed by atoms with Gasteiger partial charge in [0, 0.05) is 0 Å². The Morgan fingerprint density at radius 2 is 1.79 bits per heavy atom. The molecule has 0 fully saturated rings. The zero-order chi connectivity index (χ0) is 13.5. The van der Waals surface area contributed by atoms with Crippen LogP contribution < -0.4 is 0 Å². The largest absolute Gasteiger partial charge is 0.282 e. The van der Waals surface area contributed by atoms with Crippen LogP contribution in [0, 0.1) is 0 Å². The van der Waals surface area contributed by atoms with E-state index in [1.807, 2.05) is 24.3 Å². The van der Waals surface area contributed by atoms with Crippen molar-refractivity contribution in [1.29, 1.82) is 0 Å². The highest BCUT2D eigenvalue weighted by molar-refractivity contribution is 9.10. The number of hydrogen-bond acceptors (Lipinski definition) is 3. The van der Waals surface area contributed by atoms with E-state index in [0.717, 1.165) is 14.9 Å². The van der Waals surface area contributed by atoms with E-state index in [1.54, 1.807) is 18.2 Å². The third-order valence-electron chi connectivity index (χ3n) is 2.79. The molecule has 0 amide bonds. The maximum Gasteiger partial charge on any atom is 0.282 e. The summed E-state index contributed by atoms with van der Waals surface area (Å²) < 4.78 is 26.3. The number of benzene rings is 2. The molecule has 1 aromatic heterocycles. The molecule has 0 atom stereocenters. The Hall–Kier alpha value is -1.66. The van der Waals surface area contributed by atoms with Gasteiger partial charge in [-0.3, -0.25) is 0 Å². The summed E-state index contributed by atoms with van der Waals surface area (Å²) >= 11 is 3.19. The molecule has 4 nitrogen and oxygen atoms in total. The van der Waals surface area contributed by atoms with Crippen molar-refractivity contribution in [1.82, 2.24) is 9.19 Å². The first-order valence-corrected chi connectivity index (χ1v) is 7.75. The number of fused-ring (bicyclic) bond motifs is 1. The quantitative estimate of drug-likeness (QED) is 0.722. The molecule has 3 aromatic rings. The summed E-state index contributed by atoms with van der Waals surface area (Å²) in [4.78, 5) is 0.224. The summed E-state index contributed by atoms with van der Waals surface area (Å²) in [6, 6.07) is 12.7. The first-order valence-electron chi connectivity index (χ1n) is 5.52. The predicted molar refractivity (Wildman–Crippen MR) is 76.5 cm³/mol. The monoisotopic (exact) mass is 336 g/mol. The third kappa shape index (κ3) is 2.17. The molecular formula is C13H9BrN2O2S. The zero-order valence-corrected chi connectivity index (χ0v) is 12.1. The fourth-order valence-corrected chi connectivity index (χ4v) is 3.43. The molecule has 0 N–H and O–H groups in total. The van der Waals surface area contributed by atoms with Gasteiger partial charge in [-0.2, -0.15) is 17.6 Å². The first-order chi connectivity index (χ1) is 9.07. The summed E-state index contributed by atoms with van der Waals surface area (Å²) in [5, 5.41) is 5.71. The first kappa shape index (κ1) is 12.4. The van der Waals surface area contributed by atoms with Crippen LogP contribution in [0.15, 0.2) is 64.2 Å². The lowest BCUT2D eigenvalue weighted by Crippen LogP contribution is -2.13. The van der Waals surface area contributed by atoms with Gasteiger partial charge in [-0.25, -0.2) is 0 Å². The minimum absolute atomic E-state index is 0.224. The van der Waals surface area contributed by atoms with Gasteiger partial charge in [-0.1, -0.05) is 30.3 Å². The molecule has 0 aliphatic rings. The highest BCUT2D eigenvalue weighted by Gasteiger charge is 2.18. The lowest BCUT2D eigenvalue weighted by Gasteiger charge is -2.05. The van der Waals surface area contributed by atoms with Crippen molar-refractivity contribution in [2.45, 2.75) is 4.90 Å². The second-order valence-corrected chi connectivity index (χ2v) is 6.76. The van der Waals surface area contributed by atoms with E-state index >= 15 is 0 Å². The number of rotatable bonds is 2. The molecule has 0 saturated carbocycles. The topological polar surface area (TPSA) is 52.0 Å². The molecule has 19 heavy (non-hydrogen) atoms. The number of halogens is 1. The van der Waals surface area contributed by atoms with Crippen LogP contribution in [0.5, 0.6) is 0 Å². The molecule has 0 radical (unpaired) electrons. The summed E-state index contributed by atoms with van der Waals surface area (Å²) in [5.41, 5.74) is 0. The van der Waals surface area contributed by atoms with Gasteiger partial charge >= 0.3 is 0 Å². The number of aromatic nitrogens is 2. The van der Waals surface area contributed by atoms with Gasteiger partial charge in [0.2, 0.25) is 0 Å². The van der Waals surface area contributed by atoms with Crippen LogP contribution in [0.2, 0.25) is 0 Å². The van der Waals surface area contributed by atoms with Crippen LogP contribution >= 0.6 is 15.9 Å². The highest BCUT2D eigenvalue weighted by Crippen LogP contribution is 2.21. The van der Waals surface area contributed by atoms with Gasteiger partial charge in [0.05, 0.1) is 21.8 Å². The molecule has 0 spiro atoms. The average molecular weight is 337 g/mol. The lowest BCUT2D eigenvalue weighted by atomic mass is 10.1. The van der Waals surface area contributed by atoms with E-state index in [0.29, 0.717) is 4.47 Å². The van der Waals surface area contributed by atoms with Crippen LogP contribution in [-0.4, -0.2) is 17.6 Å². The van der Waals surface area contributed by atoms with Crippen molar-refractivity contribution in [3.63, 3.8) is 0 Å². The Morgan fingerprint density at radius 1 is 1.05 bits per heavy atom. The Balaban J connectivity index is 2.18. The van der Waals surface area contributed by atoms with Crippen molar-refractivity contribution in [3.05, 3.63) is 59.3 Å². The molecule has 3 rings (SSSR count). The van der Waals surface area contributed by atoms with E-state index in [9.17, 15) is 8.42 Å². The van der Waals surface area contributed by atoms with Crippen LogP contribution in [0.4, 0.5) is 0 Å². The maximum absolute atomic E-state index is 12.4. The van der Waals surface area contributed by atoms with Crippen molar-refractivity contribution >= 4 is 36.7 Å². The van der Waals surface area contributed by atoms with Crippen molar-refractivity contribution in [2.75, 3.05) is 0 Å². The standard InChI is InChI=1S/C13H9BrN2O2S/c14-12-8-15-16(9-12)19(17,18)13-6-5-10-3-1-2-4-11(10)7-13/h1-9H. The molecule has 0 aliphatic carbocycles. The van der Waals surface area contributed by atoms with E-state index in [1.165, 1.54) is 12.4 Å². The minimum Gasteiger partial charge on any atom is -0.199 e. The van der Waals surface area contributed by atoms with Crippen LogP contribution in [-0.2, 0) is 10.0 Å². The van der Waals surface area contributed by atoms with Gasteiger partial charge < -0.3 is 0 Å². The molecule has 96 valence electrons. The number of nitrogens with zero attached hydrogens (tertiary/aromatic N) is 2. The third-order valence-corrected chi connectivity index (χ3v) is 4.75. The molecule has 0 unspecified atom stereocenters. The second kappa shape index (κ2) is 4.47. The second-order valence-electron chi connectivity index (χ2n) is 4.05. The minimum atomic E-state index is -3.63. The fourth-order valence-electron chi connectivity index (χ4n) is 1.85. The summed E-state index contributed by atoms with van der Waals surface area (Å²) in [6.07, 6.45) is 2.86. The average Bonchev–Trinajstić information content (AvgIpc) is 2.85. The van der Waals surface area contributed by atoms with Crippen LogP contribution in [0.25, 0.3) is 10.8 Å². The molecule has 6 heteroatoms. The Bertz CT molecular complexity index is 856. The van der Waals surface area contributed by atoms with Crippen LogP contribution in [0.3, 0.4) is 0 Å². The van der Waals surface area contributed by atoms with Crippen molar-refractivity contribution < 1.29 is 8.42 Å². The Kier molecular flexibility index (Phi) is 2.91. The van der Waals surface area contributed by atoms with Gasteiger partial charge in [0.15, 0.2) is 0 Å². The van der Waals surface area contributed by atoms with Crippen molar-refractivity contribution in [2.24, 2.45) is 0 Å². The number of hydrogen-bond donors (Lipinski definition) is 0. The smallest absolute Gasteiger partial charge is 0.199 e. The summed E-state index contributed by atoms with van der Waals surface area (Å²) in [7, 11) is -3.63. The maximum atomic E-state index is 12.4. The summed E-state index contributed by atoms with van der Waals surface area (Å²) in [5.74, 6) is 0. The zero-order valence-electron chi connectivity index (χ0n) is 9.69. The van der Waals surface area contributed by atoms with Crippen molar-refractivity contribution in [3.8, 4) is 0 Å². The van der Waals surface area contributed by atoms with E-state index in [2.05, 4.69) is 21.0 Å². The van der Waals surface area contributed by atoms with Gasteiger partial charge in [-0.05, 0) is 38.8 Å². The molecule has 2 aromatic carbocycles. The molecule has 0 bridgehead atoms. The van der Waals surface area contributed by atoms with Crippen LogP contribution in [0.1, 0.15) is 0 Å². The van der Waals surface area contributed by atoms with E-state index in [4.69, 9.17) is 0 Å². The molecule has 0 aliphatic heterocycles. The summed E-state index contributed by atoms with van der Waals surface area (Å²) in [6.45, 7) is 0. The van der Waals surface area contributed by atoms with Gasteiger partial charge in [0.1, 0.15) is 0 Å². The molecular weight excluding hydrogens is 328 g/mol. The predicted octanol–water partition coefficient (Wildman–Crippen LogP) is 3.04. The van der Waals surface area contributed by atoms with E-state index in [-0.39, 0.29) is 4.90 Å². The Morgan fingerprint density at radius 3 is 2.47 bits per heavy atom.